The lowest BCUT2D eigenvalue weighted by atomic mass is 10.1. The summed E-state index contributed by atoms with van der Waals surface area (Å²) in [5.41, 5.74) is 5.48. The van der Waals surface area contributed by atoms with Crippen LogP contribution in [0.5, 0.6) is 0 Å². The van der Waals surface area contributed by atoms with Gasteiger partial charge in [-0.15, -0.1) is 0 Å². The molecule has 2 unspecified atom stereocenters. The summed E-state index contributed by atoms with van der Waals surface area (Å²) in [6.07, 6.45) is 0.583. The fourth-order valence-corrected chi connectivity index (χ4v) is 1.99. The molecule has 2 atom stereocenters. The smallest absolute Gasteiger partial charge is 0.242 e. The average Bonchev–Trinajstić information content (AvgIpc) is 2.35. The summed E-state index contributed by atoms with van der Waals surface area (Å²) < 4.78 is 5.08. The van der Waals surface area contributed by atoms with E-state index in [4.69, 9.17) is 10.5 Å². The first-order valence-electron chi connectivity index (χ1n) is 5.94. The number of nitrogens with one attached hydrogen (secondary N) is 1. The highest BCUT2D eigenvalue weighted by Crippen LogP contribution is 2.11. The molecule has 1 fully saturated rings. The van der Waals surface area contributed by atoms with Gasteiger partial charge < -0.3 is 20.7 Å². The topological polar surface area (TPSA) is 84.7 Å². The van der Waals surface area contributed by atoms with E-state index in [0.717, 1.165) is 0 Å². The second kappa shape index (κ2) is 6.56. The Morgan fingerprint density at radius 1 is 1.71 bits per heavy atom. The molecule has 0 spiro atoms. The quantitative estimate of drug-likeness (QED) is 0.654. The van der Waals surface area contributed by atoms with Gasteiger partial charge in [0.2, 0.25) is 11.8 Å². The van der Waals surface area contributed by atoms with E-state index in [2.05, 4.69) is 5.32 Å². The second-order valence-electron chi connectivity index (χ2n) is 4.10. The Morgan fingerprint density at radius 2 is 2.41 bits per heavy atom. The molecule has 6 nitrogen and oxygen atoms in total. The molecule has 6 heteroatoms. The first-order valence-corrected chi connectivity index (χ1v) is 5.94. The summed E-state index contributed by atoms with van der Waals surface area (Å²) in [7, 11) is 1.53. The molecule has 0 aromatic heterocycles. The predicted octanol–water partition coefficient (Wildman–Crippen LogP) is -0.913. The first-order chi connectivity index (χ1) is 8.13. The summed E-state index contributed by atoms with van der Waals surface area (Å²) >= 11 is 0. The molecule has 2 amide bonds. The van der Waals surface area contributed by atoms with Crippen LogP contribution in [0, 0.1) is 0 Å². The molecule has 1 saturated heterocycles. The monoisotopic (exact) mass is 243 g/mol. The van der Waals surface area contributed by atoms with E-state index in [0.29, 0.717) is 26.1 Å². The first kappa shape index (κ1) is 13.9. The lowest BCUT2D eigenvalue weighted by Crippen LogP contribution is -2.57. The van der Waals surface area contributed by atoms with Gasteiger partial charge in [-0.05, 0) is 6.42 Å². The zero-order valence-corrected chi connectivity index (χ0v) is 10.4. The van der Waals surface area contributed by atoms with E-state index < -0.39 is 0 Å². The van der Waals surface area contributed by atoms with Crippen molar-refractivity contribution in [2.45, 2.75) is 31.9 Å². The number of ether oxygens (including phenoxy) is 1. The third kappa shape index (κ3) is 3.41. The standard InChI is InChI=1S/C11H21N3O3/c1-3-9-11(16)13-4-5-14(9)10(15)6-8(7-12)17-2/h8-9H,3-7,12H2,1-2H3,(H,13,16). The van der Waals surface area contributed by atoms with Crippen LogP contribution >= 0.6 is 0 Å². The molecule has 3 N–H and O–H groups in total. The lowest BCUT2D eigenvalue weighted by molar-refractivity contribution is -0.145. The van der Waals surface area contributed by atoms with Gasteiger partial charge >= 0.3 is 0 Å². The van der Waals surface area contributed by atoms with E-state index in [-0.39, 0.29) is 30.4 Å². The van der Waals surface area contributed by atoms with Gasteiger partial charge in [-0.1, -0.05) is 6.92 Å². The second-order valence-corrected chi connectivity index (χ2v) is 4.10. The highest BCUT2D eigenvalue weighted by Gasteiger charge is 2.32. The molecule has 0 saturated carbocycles. The van der Waals surface area contributed by atoms with Crippen LogP contribution in [0.15, 0.2) is 0 Å². The Balaban J connectivity index is 2.62. The Labute approximate surface area is 101 Å². The number of piperazine rings is 1. The Kier molecular flexibility index (Phi) is 5.37. The fraction of sp³-hybridized carbons (Fsp3) is 0.818. The predicted molar refractivity (Wildman–Crippen MR) is 63.3 cm³/mol. The van der Waals surface area contributed by atoms with Crippen molar-refractivity contribution >= 4 is 11.8 Å². The molecular formula is C11H21N3O3. The van der Waals surface area contributed by atoms with E-state index >= 15 is 0 Å². The molecular weight excluding hydrogens is 222 g/mol. The van der Waals surface area contributed by atoms with Crippen molar-refractivity contribution in [2.24, 2.45) is 5.73 Å². The Bertz CT molecular complexity index is 279. The third-order valence-electron chi connectivity index (χ3n) is 3.04. The van der Waals surface area contributed by atoms with Crippen LogP contribution in [0.3, 0.4) is 0 Å². The van der Waals surface area contributed by atoms with Gasteiger partial charge in [-0.2, -0.15) is 0 Å². The number of rotatable bonds is 5. The number of hydrogen-bond acceptors (Lipinski definition) is 4. The summed E-state index contributed by atoms with van der Waals surface area (Å²) in [6, 6.07) is -0.355. The van der Waals surface area contributed by atoms with Crippen LogP contribution in [-0.4, -0.2) is 55.6 Å². The van der Waals surface area contributed by atoms with Gasteiger partial charge in [0.25, 0.3) is 0 Å². The molecule has 98 valence electrons. The summed E-state index contributed by atoms with van der Waals surface area (Å²) in [4.78, 5) is 25.3. The Hall–Kier alpha value is -1.14. The van der Waals surface area contributed by atoms with Crippen LogP contribution in [0.1, 0.15) is 19.8 Å². The van der Waals surface area contributed by atoms with Gasteiger partial charge in [0.1, 0.15) is 6.04 Å². The van der Waals surface area contributed by atoms with Gasteiger partial charge in [0, 0.05) is 26.7 Å². The van der Waals surface area contributed by atoms with Crippen molar-refractivity contribution in [3.8, 4) is 0 Å². The van der Waals surface area contributed by atoms with Gasteiger partial charge in [0.15, 0.2) is 0 Å². The van der Waals surface area contributed by atoms with E-state index in [1.165, 1.54) is 7.11 Å². The normalized spacial score (nSPS) is 22.2. The largest absolute Gasteiger partial charge is 0.380 e. The maximum absolute atomic E-state index is 12.1. The van der Waals surface area contributed by atoms with Crippen LogP contribution in [0.25, 0.3) is 0 Å². The number of carbonyl (C=O) groups is 2. The van der Waals surface area contributed by atoms with E-state index in [1.54, 1.807) is 4.90 Å². The number of amides is 2. The molecule has 0 bridgehead atoms. The molecule has 0 aromatic carbocycles. The van der Waals surface area contributed by atoms with Crippen molar-refractivity contribution in [2.75, 3.05) is 26.7 Å². The minimum atomic E-state index is -0.355. The maximum atomic E-state index is 12.1. The number of hydrogen-bond donors (Lipinski definition) is 2. The van der Waals surface area contributed by atoms with Crippen LogP contribution < -0.4 is 11.1 Å². The van der Waals surface area contributed by atoms with Crippen molar-refractivity contribution in [1.29, 1.82) is 0 Å². The number of nitrogens with two attached hydrogens (primary N) is 1. The molecule has 1 aliphatic heterocycles. The van der Waals surface area contributed by atoms with Crippen LogP contribution in [0.4, 0.5) is 0 Å². The average molecular weight is 243 g/mol. The highest BCUT2D eigenvalue weighted by molar-refractivity contribution is 5.88. The Morgan fingerprint density at radius 3 is 2.94 bits per heavy atom. The summed E-state index contributed by atoms with van der Waals surface area (Å²) in [6.45, 7) is 3.27. The molecule has 17 heavy (non-hydrogen) atoms. The fourth-order valence-electron chi connectivity index (χ4n) is 1.99. The minimum absolute atomic E-state index is 0.0657. The summed E-state index contributed by atoms with van der Waals surface area (Å²) in [5.74, 6) is -0.141. The molecule has 0 aliphatic carbocycles. The van der Waals surface area contributed by atoms with Crippen molar-refractivity contribution in [3.05, 3.63) is 0 Å². The zero-order valence-electron chi connectivity index (χ0n) is 10.4. The third-order valence-corrected chi connectivity index (χ3v) is 3.04. The van der Waals surface area contributed by atoms with Crippen molar-refractivity contribution < 1.29 is 14.3 Å². The molecule has 1 heterocycles. The molecule has 1 rings (SSSR count). The van der Waals surface area contributed by atoms with Crippen LogP contribution in [0.2, 0.25) is 0 Å². The van der Waals surface area contributed by atoms with E-state index in [9.17, 15) is 9.59 Å². The molecule has 1 aliphatic rings. The zero-order chi connectivity index (χ0) is 12.8. The van der Waals surface area contributed by atoms with E-state index in [1.807, 2.05) is 6.92 Å². The van der Waals surface area contributed by atoms with Gasteiger partial charge in [-0.25, -0.2) is 0 Å². The lowest BCUT2D eigenvalue weighted by Gasteiger charge is -2.35. The number of carbonyl (C=O) groups excluding carboxylic acids is 2. The van der Waals surface area contributed by atoms with Gasteiger partial charge in [-0.3, -0.25) is 9.59 Å². The number of methoxy groups -OCH3 is 1. The van der Waals surface area contributed by atoms with Crippen LogP contribution in [-0.2, 0) is 14.3 Å². The van der Waals surface area contributed by atoms with Crippen molar-refractivity contribution in [3.63, 3.8) is 0 Å². The maximum Gasteiger partial charge on any atom is 0.242 e. The molecule has 0 radical (unpaired) electrons. The number of nitrogens with zero attached hydrogens (tertiary/aromatic N) is 1. The van der Waals surface area contributed by atoms with Gasteiger partial charge in [0.05, 0.1) is 12.5 Å². The highest BCUT2D eigenvalue weighted by atomic mass is 16.5. The minimum Gasteiger partial charge on any atom is -0.380 e. The molecule has 0 aromatic rings. The van der Waals surface area contributed by atoms with Crippen molar-refractivity contribution in [1.82, 2.24) is 10.2 Å². The SMILES string of the molecule is CCC1C(=O)NCCN1C(=O)CC(CN)OC. The summed E-state index contributed by atoms with van der Waals surface area (Å²) in [5, 5.41) is 2.76.